The highest BCUT2D eigenvalue weighted by molar-refractivity contribution is 6.68. The molecule has 7 aromatic carbocycles. The van der Waals surface area contributed by atoms with Gasteiger partial charge < -0.3 is 0 Å². The standard InChI is InChI=1S/C39H31B5N2/c40-34-33(35(41)37(43)38(44)36(34)42)39-45-29-19-8-9-20-30(29)46(39)24-14-10-13-23(21-24)32-27-17-6-4-15-25(27)31(22-11-2-1-3-12-22)26-16-5-7-18-28(26)32/h1-21H,40-44H2. The zero-order chi connectivity index (χ0) is 31.5. The molecule has 0 saturated carbocycles. The molecule has 0 aliphatic carbocycles. The van der Waals surface area contributed by atoms with Crippen LogP contribution in [0.2, 0.25) is 0 Å². The van der Waals surface area contributed by atoms with Gasteiger partial charge in [0.1, 0.15) is 45.1 Å². The summed E-state index contributed by atoms with van der Waals surface area (Å²) in [6.07, 6.45) is 0. The molecule has 1 aromatic heterocycles. The zero-order valence-electron chi connectivity index (χ0n) is 27.0. The summed E-state index contributed by atoms with van der Waals surface area (Å²) >= 11 is 0. The molecule has 7 heteroatoms. The fourth-order valence-corrected chi connectivity index (χ4v) is 7.45. The first-order chi connectivity index (χ1) is 22.4. The number of para-hydroxylation sites is 2. The van der Waals surface area contributed by atoms with E-state index in [0.29, 0.717) is 0 Å². The molecule has 46 heavy (non-hydrogen) atoms. The van der Waals surface area contributed by atoms with E-state index in [2.05, 4.69) is 171 Å². The molecule has 8 aromatic rings. The van der Waals surface area contributed by atoms with E-state index in [0.717, 1.165) is 22.5 Å². The molecular weight excluding hydrogens is 551 g/mol. The van der Waals surface area contributed by atoms with E-state index in [-0.39, 0.29) is 0 Å². The Morgan fingerprint density at radius 2 is 0.891 bits per heavy atom. The highest BCUT2D eigenvalue weighted by Crippen LogP contribution is 2.44. The summed E-state index contributed by atoms with van der Waals surface area (Å²) in [6.45, 7) is 0. The molecule has 0 fully saturated rings. The minimum atomic E-state index is 0.994. The van der Waals surface area contributed by atoms with Crippen molar-refractivity contribution in [2.24, 2.45) is 0 Å². The van der Waals surface area contributed by atoms with Gasteiger partial charge in [0.2, 0.25) is 0 Å². The summed E-state index contributed by atoms with van der Waals surface area (Å²) < 4.78 is 2.37. The molecule has 0 saturated heterocycles. The SMILES string of the molecule is Bc1c(B)c(B)c(-c2nc3ccccc3n2-c2cccc(-c3c4ccccc4c(-c4ccccc4)c4ccccc34)c2)c(B)c1B. The van der Waals surface area contributed by atoms with Crippen LogP contribution in [0, 0.1) is 0 Å². The van der Waals surface area contributed by atoms with Crippen molar-refractivity contribution in [3.8, 4) is 39.3 Å². The molecule has 0 aliphatic rings. The maximum absolute atomic E-state index is 5.30. The first-order valence-electron chi connectivity index (χ1n) is 16.1. The molecule has 1 heterocycles. The molecule has 0 bridgehead atoms. The van der Waals surface area contributed by atoms with Crippen molar-refractivity contribution in [2.75, 3.05) is 0 Å². The van der Waals surface area contributed by atoms with Gasteiger partial charge in [0.05, 0.1) is 11.0 Å². The topological polar surface area (TPSA) is 17.8 Å². The quantitative estimate of drug-likeness (QED) is 0.228. The highest BCUT2D eigenvalue weighted by Gasteiger charge is 2.22. The number of fused-ring (bicyclic) bond motifs is 3. The first kappa shape index (κ1) is 28.3. The molecule has 0 atom stereocenters. The van der Waals surface area contributed by atoms with Crippen LogP contribution < -0.4 is 27.3 Å². The lowest BCUT2D eigenvalue weighted by molar-refractivity contribution is 1.11. The molecule has 0 amide bonds. The molecule has 2 nitrogen and oxygen atoms in total. The van der Waals surface area contributed by atoms with Crippen LogP contribution in [0.5, 0.6) is 0 Å². The van der Waals surface area contributed by atoms with Gasteiger partial charge in [0.15, 0.2) is 0 Å². The molecule has 8 rings (SSSR count). The van der Waals surface area contributed by atoms with Gasteiger partial charge in [-0.2, -0.15) is 0 Å². The van der Waals surface area contributed by atoms with Crippen LogP contribution in [-0.4, -0.2) is 48.8 Å². The van der Waals surface area contributed by atoms with Crippen molar-refractivity contribution in [3.63, 3.8) is 0 Å². The van der Waals surface area contributed by atoms with Gasteiger partial charge in [-0.15, -0.1) is 16.4 Å². The molecular formula is C39H31B5N2. The zero-order valence-corrected chi connectivity index (χ0v) is 27.0. The van der Waals surface area contributed by atoms with Crippen LogP contribution in [0.4, 0.5) is 0 Å². The lowest BCUT2D eigenvalue weighted by atomic mass is 9.60. The van der Waals surface area contributed by atoms with E-state index < -0.39 is 0 Å². The molecule has 0 aliphatic heterocycles. The molecule has 212 valence electrons. The van der Waals surface area contributed by atoms with E-state index in [1.807, 2.05) is 0 Å². The van der Waals surface area contributed by atoms with Crippen LogP contribution in [0.15, 0.2) is 127 Å². The number of aromatic nitrogens is 2. The van der Waals surface area contributed by atoms with Crippen LogP contribution in [0.1, 0.15) is 0 Å². The number of imidazole rings is 1. The fourth-order valence-electron chi connectivity index (χ4n) is 7.45. The van der Waals surface area contributed by atoms with E-state index in [9.17, 15) is 0 Å². The summed E-state index contributed by atoms with van der Waals surface area (Å²) in [5.41, 5.74) is 16.0. The Morgan fingerprint density at radius 3 is 1.50 bits per heavy atom. The Hall–Kier alpha value is -5.15. The Kier molecular flexibility index (Phi) is 6.80. The summed E-state index contributed by atoms with van der Waals surface area (Å²) in [7, 11) is 11.2. The first-order valence-corrected chi connectivity index (χ1v) is 16.1. The smallest absolute Gasteiger partial charge is 0.144 e. The summed E-state index contributed by atoms with van der Waals surface area (Å²) in [5.74, 6) is 0.994. The lowest BCUT2D eigenvalue weighted by Gasteiger charge is -2.21. The van der Waals surface area contributed by atoms with E-state index >= 15 is 0 Å². The van der Waals surface area contributed by atoms with Crippen LogP contribution in [0.3, 0.4) is 0 Å². The summed E-state index contributed by atoms with van der Waals surface area (Å²) in [4.78, 5) is 5.30. The van der Waals surface area contributed by atoms with Crippen molar-refractivity contribution in [2.45, 2.75) is 0 Å². The summed E-state index contributed by atoms with van der Waals surface area (Å²) in [5, 5.41) is 5.03. The van der Waals surface area contributed by atoms with Crippen LogP contribution in [0.25, 0.3) is 71.9 Å². The lowest BCUT2D eigenvalue weighted by Crippen LogP contribution is -2.55. The Balaban J connectivity index is 1.43. The monoisotopic (exact) mass is 582 g/mol. The largest absolute Gasteiger partial charge is 0.292 e. The molecule has 0 radical (unpaired) electrons. The minimum absolute atomic E-state index is 0.994. The van der Waals surface area contributed by atoms with Gasteiger partial charge in [-0.3, -0.25) is 4.57 Å². The maximum Gasteiger partial charge on any atom is 0.144 e. The highest BCUT2D eigenvalue weighted by atomic mass is 15.1. The van der Waals surface area contributed by atoms with Crippen LogP contribution >= 0.6 is 0 Å². The van der Waals surface area contributed by atoms with Crippen molar-refractivity contribution in [1.82, 2.24) is 9.55 Å². The second kappa shape index (κ2) is 11.0. The van der Waals surface area contributed by atoms with Gasteiger partial charge in [0.25, 0.3) is 0 Å². The Bertz CT molecular complexity index is 2400. The average molecular weight is 582 g/mol. The number of hydrogen-bond acceptors (Lipinski definition) is 1. The number of benzene rings is 7. The van der Waals surface area contributed by atoms with Gasteiger partial charge in [0, 0.05) is 11.3 Å². The van der Waals surface area contributed by atoms with E-state index in [1.54, 1.807) is 0 Å². The second-order valence-electron chi connectivity index (χ2n) is 12.5. The van der Waals surface area contributed by atoms with Crippen molar-refractivity contribution < 1.29 is 0 Å². The maximum atomic E-state index is 5.30. The second-order valence-corrected chi connectivity index (χ2v) is 12.5. The van der Waals surface area contributed by atoms with E-state index in [1.165, 1.54) is 76.7 Å². The molecule has 0 spiro atoms. The number of rotatable bonds is 4. The van der Waals surface area contributed by atoms with Gasteiger partial charge >= 0.3 is 0 Å². The molecule has 0 N–H and O–H groups in total. The van der Waals surface area contributed by atoms with Crippen molar-refractivity contribution in [1.29, 1.82) is 0 Å². The molecule has 0 unspecified atom stereocenters. The Labute approximate surface area is 274 Å². The van der Waals surface area contributed by atoms with Gasteiger partial charge in [-0.1, -0.05) is 114 Å². The Morgan fingerprint density at radius 1 is 0.413 bits per heavy atom. The normalized spacial score (nSPS) is 11.5. The predicted molar refractivity (Wildman–Crippen MR) is 213 cm³/mol. The van der Waals surface area contributed by atoms with Gasteiger partial charge in [-0.25, -0.2) is 4.98 Å². The van der Waals surface area contributed by atoms with Crippen LogP contribution in [-0.2, 0) is 0 Å². The summed E-state index contributed by atoms with van der Waals surface area (Å²) in [6, 6.07) is 46.1. The van der Waals surface area contributed by atoms with Gasteiger partial charge in [-0.05, 0) is 68.1 Å². The third-order valence-corrected chi connectivity index (χ3v) is 10.2. The fraction of sp³-hybridized carbons (Fsp3) is 0. The van der Waals surface area contributed by atoms with Crippen molar-refractivity contribution in [3.05, 3.63) is 127 Å². The third kappa shape index (κ3) is 4.30. The van der Waals surface area contributed by atoms with E-state index in [4.69, 9.17) is 4.98 Å². The average Bonchev–Trinajstić information content (AvgIpc) is 3.48. The number of hydrogen-bond donors (Lipinski definition) is 0. The van der Waals surface area contributed by atoms with Crippen molar-refractivity contribution >= 4 is 99.1 Å². The third-order valence-electron chi connectivity index (χ3n) is 10.2. The predicted octanol–water partition coefficient (Wildman–Crippen LogP) is 1.62. The minimum Gasteiger partial charge on any atom is -0.292 e. The number of nitrogens with zero attached hydrogens (tertiary/aromatic N) is 2.